The summed E-state index contributed by atoms with van der Waals surface area (Å²) in [5, 5.41) is 8.80. The van der Waals surface area contributed by atoms with Gasteiger partial charge in [0.05, 0.1) is 6.10 Å². The molecule has 0 unspecified atom stereocenters. The number of hydrogen-bond acceptors (Lipinski definition) is 3. The lowest BCUT2D eigenvalue weighted by atomic mass is 9.87. The summed E-state index contributed by atoms with van der Waals surface area (Å²) in [6, 6.07) is 0. The SMILES string of the molecule is CC(=O)C[C@H]1[C@H](CCO)OC[C@@H]1C. The highest BCUT2D eigenvalue weighted by Crippen LogP contribution is 2.31. The van der Waals surface area contributed by atoms with Crippen LogP contribution < -0.4 is 0 Å². The molecule has 1 N–H and O–H groups in total. The second-order valence-electron chi connectivity index (χ2n) is 3.93. The minimum absolute atomic E-state index is 0.0869. The number of ketones is 1. The third kappa shape index (κ3) is 2.78. The molecule has 1 heterocycles. The van der Waals surface area contributed by atoms with E-state index in [4.69, 9.17) is 9.84 Å². The summed E-state index contributed by atoms with van der Waals surface area (Å²) in [6.07, 6.45) is 1.33. The summed E-state index contributed by atoms with van der Waals surface area (Å²) in [6.45, 7) is 4.58. The van der Waals surface area contributed by atoms with E-state index in [-0.39, 0.29) is 18.5 Å². The molecule has 0 spiro atoms. The maximum absolute atomic E-state index is 11.0. The lowest BCUT2D eigenvalue weighted by molar-refractivity contribution is -0.118. The minimum atomic E-state index is 0.0869. The second kappa shape index (κ2) is 4.72. The molecule has 1 aliphatic rings. The van der Waals surface area contributed by atoms with Crippen LogP contribution in [0.1, 0.15) is 26.7 Å². The maximum Gasteiger partial charge on any atom is 0.130 e. The van der Waals surface area contributed by atoms with Gasteiger partial charge in [-0.05, 0) is 25.2 Å². The smallest absolute Gasteiger partial charge is 0.130 e. The van der Waals surface area contributed by atoms with Crippen molar-refractivity contribution in [1.82, 2.24) is 0 Å². The molecule has 1 rings (SSSR count). The number of aliphatic hydroxyl groups is 1. The number of carbonyl (C=O) groups excluding carboxylic acids is 1. The Balaban J connectivity index is 2.49. The molecule has 3 heteroatoms. The first-order valence-corrected chi connectivity index (χ1v) is 4.87. The lowest BCUT2D eigenvalue weighted by Crippen LogP contribution is -2.22. The molecule has 1 aliphatic heterocycles. The summed E-state index contributed by atoms with van der Waals surface area (Å²) >= 11 is 0. The van der Waals surface area contributed by atoms with Crippen molar-refractivity contribution in [3.8, 4) is 0 Å². The van der Waals surface area contributed by atoms with E-state index in [1.54, 1.807) is 6.92 Å². The zero-order valence-electron chi connectivity index (χ0n) is 8.32. The zero-order valence-corrected chi connectivity index (χ0v) is 8.32. The van der Waals surface area contributed by atoms with Gasteiger partial charge in [-0.25, -0.2) is 0 Å². The molecule has 0 aliphatic carbocycles. The van der Waals surface area contributed by atoms with Crippen molar-refractivity contribution in [3.05, 3.63) is 0 Å². The minimum Gasteiger partial charge on any atom is -0.396 e. The van der Waals surface area contributed by atoms with Crippen molar-refractivity contribution >= 4 is 5.78 Å². The normalized spacial score (nSPS) is 33.6. The molecule has 13 heavy (non-hydrogen) atoms. The van der Waals surface area contributed by atoms with E-state index in [1.165, 1.54) is 0 Å². The lowest BCUT2D eigenvalue weighted by Gasteiger charge is -2.18. The molecule has 0 aromatic heterocycles. The van der Waals surface area contributed by atoms with Gasteiger partial charge < -0.3 is 14.6 Å². The predicted molar refractivity (Wildman–Crippen MR) is 49.4 cm³/mol. The molecule has 0 aromatic carbocycles. The molecular formula is C10H18O3. The highest BCUT2D eigenvalue weighted by atomic mass is 16.5. The Hall–Kier alpha value is -0.410. The number of rotatable bonds is 4. The number of hydrogen-bond donors (Lipinski definition) is 1. The fraction of sp³-hybridized carbons (Fsp3) is 0.900. The van der Waals surface area contributed by atoms with Crippen LogP contribution in [0, 0.1) is 11.8 Å². The first kappa shape index (κ1) is 10.7. The topological polar surface area (TPSA) is 46.5 Å². The van der Waals surface area contributed by atoms with Crippen molar-refractivity contribution in [3.63, 3.8) is 0 Å². The summed E-state index contributed by atoms with van der Waals surface area (Å²) in [5.74, 6) is 0.968. The monoisotopic (exact) mass is 186 g/mol. The van der Waals surface area contributed by atoms with Gasteiger partial charge in [-0.1, -0.05) is 6.92 Å². The van der Waals surface area contributed by atoms with Crippen LogP contribution >= 0.6 is 0 Å². The van der Waals surface area contributed by atoms with Crippen molar-refractivity contribution in [2.75, 3.05) is 13.2 Å². The van der Waals surface area contributed by atoms with Crippen LogP contribution in [0.5, 0.6) is 0 Å². The Morgan fingerprint density at radius 1 is 1.62 bits per heavy atom. The summed E-state index contributed by atoms with van der Waals surface area (Å²) in [7, 11) is 0. The van der Waals surface area contributed by atoms with Gasteiger partial charge in [0.25, 0.3) is 0 Å². The van der Waals surface area contributed by atoms with Crippen molar-refractivity contribution in [2.45, 2.75) is 32.8 Å². The molecular weight excluding hydrogens is 168 g/mol. The fourth-order valence-electron chi connectivity index (χ4n) is 1.98. The van der Waals surface area contributed by atoms with E-state index in [0.717, 1.165) is 6.61 Å². The molecule has 0 amide bonds. The third-order valence-electron chi connectivity index (χ3n) is 2.72. The van der Waals surface area contributed by atoms with Gasteiger partial charge >= 0.3 is 0 Å². The largest absolute Gasteiger partial charge is 0.396 e. The zero-order chi connectivity index (χ0) is 9.84. The Kier molecular flexibility index (Phi) is 3.88. The first-order chi connectivity index (χ1) is 6.15. The van der Waals surface area contributed by atoms with Crippen molar-refractivity contribution in [1.29, 1.82) is 0 Å². The highest BCUT2D eigenvalue weighted by Gasteiger charge is 2.34. The van der Waals surface area contributed by atoms with E-state index in [9.17, 15) is 4.79 Å². The van der Waals surface area contributed by atoms with Crippen molar-refractivity contribution in [2.24, 2.45) is 11.8 Å². The molecule has 0 aromatic rings. The number of carbonyl (C=O) groups is 1. The summed E-state index contributed by atoms with van der Waals surface area (Å²) in [5.41, 5.74) is 0. The number of aliphatic hydroxyl groups excluding tert-OH is 1. The van der Waals surface area contributed by atoms with E-state index in [0.29, 0.717) is 24.7 Å². The van der Waals surface area contributed by atoms with Crippen LogP contribution in [0.2, 0.25) is 0 Å². The van der Waals surface area contributed by atoms with E-state index >= 15 is 0 Å². The average Bonchev–Trinajstić information content (AvgIpc) is 2.36. The summed E-state index contributed by atoms with van der Waals surface area (Å²) < 4.78 is 5.51. The Morgan fingerprint density at radius 2 is 2.31 bits per heavy atom. The molecule has 3 atom stereocenters. The van der Waals surface area contributed by atoms with Crippen molar-refractivity contribution < 1.29 is 14.6 Å². The second-order valence-corrected chi connectivity index (χ2v) is 3.93. The molecule has 76 valence electrons. The standard InChI is InChI=1S/C10H18O3/c1-7-6-13-10(3-4-11)9(7)5-8(2)12/h7,9-11H,3-6H2,1-2H3/t7-,9+,10-/m0/s1. The molecule has 0 bridgehead atoms. The van der Waals surface area contributed by atoms with Gasteiger partial charge in [-0.15, -0.1) is 0 Å². The molecule has 3 nitrogen and oxygen atoms in total. The van der Waals surface area contributed by atoms with E-state index < -0.39 is 0 Å². The van der Waals surface area contributed by atoms with E-state index in [1.807, 2.05) is 0 Å². The Bertz CT molecular complexity index is 177. The van der Waals surface area contributed by atoms with Crippen LogP contribution in [0.3, 0.4) is 0 Å². The van der Waals surface area contributed by atoms with Crippen LogP contribution in [0.15, 0.2) is 0 Å². The van der Waals surface area contributed by atoms with Crippen LogP contribution in [-0.2, 0) is 9.53 Å². The van der Waals surface area contributed by atoms with Crippen LogP contribution in [-0.4, -0.2) is 30.2 Å². The van der Waals surface area contributed by atoms with Gasteiger partial charge in [0.2, 0.25) is 0 Å². The molecule has 1 saturated heterocycles. The van der Waals surface area contributed by atoms with Gasteiger partial charge in [0, 0.05) is 19.6 Å². The number of Topliss-reactive ketones (excluding diaryl/α,β-unsaturated/α-hetero) is 1. The van der Waals surface area contributed by atoms with Gasteiger partial charge in [0.15, 0.2) is 0 Å². The number of ether oxygens (including phenoxy) is 1. The van der Waals surface area contributed by atoms with Gasteiger partial charge in [-0.2, -0.15) is 0 Å². The molecule has 0 radical (unpaired) electrons. The van der Waals surface area contributed by atoms with Gasteiger partial charge in [-0.3, -0.25) is 0 Å². The predicted octanol–water partition coefficient (Wildman–Crippen LogP) is 0.999. The fourth-order valence-corrected chi connectivity index (χ4v) is 1.98. The van der Waals surface area contributed by atoms with Gasteiger partial charge in [0.1, 0.15) is 5.78 Å². The van der Waals surface area contributed by atoms with Crippen LogP contribution in [0.25, 0.3) is 0 Å². The summed E-state index contributed by atoms with van der Waals surface area (Å²) in [4.78, 5) is 11.0. The highest BCUT2D eigenvalue weighted by molar-refractivity contribution is 5.75. The average molecular weight is 186 g/mol. The van der Waals surface area contributed by atoms with Crippen LogP contribution in [0.4, 0.5) is 0 Å². The third-order valence-corrected chi connectivity index (χ3v) is 2.72. The van der Waals surface area contributed by atoms with E-state index in [2.05, 4.69) is 6.92 Å². The Labute approximate surface area is 79.1 Å². The quantitative estimate of drug-likeness (QED) is 0.712. The first-order valence-electron chi connectivity index (χ1n) is 4.87. The molecule has 0 saturated carbocycles. The maximum atomic E-state index is 11.0. The molecule has 1 fully saturated rings. The Morgan fingerprint density at radius 3 is 2.85 bits per heavy atom.